The summed E-state index contributed by atoms with van der Waals surface area (Å²) in [4.78, 5) is 13.4. The number of halogens is 2. The maximum Gasteiger partial charge on any atom is 0.219 e. The van der Waals surface area contributed by atoms with Crippen LogP contribution in [-0.2, 0) is 17.8 Å². The van der Waals surface area contributed by atoms with Gasteiger partial charge < -0.3 is 14.6 Å². The number of phenolic OH excluding ortho intramolecular Hbond substituents is 1. The number of amides is 1. The largest absolute Gasteiger partial charge is 0.508 e. The molecule has 1 amide bonds. The van der Waals surface area contributed by atoms with Crippen LogP contribution < -0.4 is 0 Å². The minimum absolute atomic E-state index is 0.0146. The monoisotopic (exact) mass is 380 g/mol. The van der Waals surface area contributed by atoms with Crippen molar-refractivity contribution >= 4 is 29.1 Å². The Hall–Kier alpha value is -1.79. The van der Waals surface area contributed by atoms with Crippen LogP contribution >= 0.6 is 23.2 Å². The highest BCUT2D eigenvalue weighted by Gasteiger charge is 2.35. The van der Waals surface area contributed by atoms with Crippen LogP contribution in [0, 0.1) is 0 Å². The van der Waals surface area contributed by atoms with Gasteiger partial charge in [0, 0.05) is 50.4 Å². The Morgan fingerprint density at radius 1 is 1.24 bits per heavy atom. The van der Waals surface area contributed by atoms with Crippen LogP contribution in [0.5, 0.6) is 5.75 Å². The van der Waals surface area contributed by atoms with Crippen molar-refractivity contribution in [1.82, 2.24) is 19.7 Å². The van der Waals surface area contributed by atoms with E-state index in [1.54, 1.807) is 19.1 Å². The van der Waals surface area contributed by atoms with E-state index in [2.05, 4.69) is 14.8 Å². The molecule has 132 valence electrons. The summed E-state index contributed by atoms with van der Waals surface area (Å²) in [5.74, 6) is 2.27. The van der Waals surface area contributed by atoms with Crippen molar-refractivity contribution in [3.63, 3.8) is 0 Å². The lowest BCUT2D eigenvalue weighted by atomic mass is 9.96. The first-order chi connectivity index (χ1) is 12.0. The molecule has 1 saturated heterocycles. The fraction of sp³-hybridized carbons (Fsp3) is 0.471. The molecule has 1 aromatic heterocycles. The number of aromatic hydroxyl groups is 1. The van der Waals surface area contributed by atoms with Gasteiger partial charge in [0.1, 0.15) is 17.4 Å². The van der Waals surface area contributed by atoms with Crippen LogP contribution in [0.4, 0.5) is 0 Å². The lowest BCUT2D eigenvalue weighted by Crippen LogP contribution is -2.26. The first-order valence-corrected chi connectivity index (χ1v) is 9.05. The Morgan fingerprint density at radius 2 is 2.04 bits per heavy atom. The van der Waals surface area contributed by atoms with E-state index in [0.717, 1.165) is 24.6 Å². The zero-order valence-electron chi connectivity index (χ0n) is 13.7. The Morgan fingerprint density at radius 3 is 2.76 bits per heavy atom. The molecule has 3 heterocycles. The molecule has 1 aromatic carbocycles. The van der Waals surface area contributed by atoms with Gasteiger partial charge in [0.05, 0.1) is 10.0 Å². The van der Waals surface area contributed by atoms with Crippen LogP contribution in [-0.4, -0.2) is 43.8 Å². The molecule has 0 unspecified atom stereocenters. The summed E-state index contributed by atoms with van der Waals surface area (Å²) in [6, 6.07) is 3.17. The quantitative estimate of drug-likeness (QED) is 0.868. The van der Waals surface area contributed by atoms with Crippen LogP contribution in [0.15, 0.2) is 12.1 Å². The van der Waals surface area contributed by atoms with E-state index < -0.39 is 0 Å². The van der Waals surface area contributed by atoms with Gasteiger partial charge >= 0.3 is 0 Å². The van der Waals surface area contributed by atoms with Crippen molar-refractivity contribution in [2.24, 2.45) is 0 Å². The number of aromatic nitrogens is 3. The molecular weight excluding hydrogens is 363 g/mol. The third kappa shape index (κ3) is 2.77. The fourth-order valence-corrected chi connectivity index (χ4v) is 4.38. The summed E-state index contributed by atoms with van der Waals surface area (Å²) >= 11 is 12.4. The number of phenols is 1. The van der Waals surface area contributed by atoms with Gasteiger partial charge in [0.2, 0.25) is 5.91 Å². The fourth-order valence-electron chi connectivity index (χ4n) is 3.90. The predicted octanol–water partition coefficient (Wildman–Crippen LogP) is 2.97. The molecule has 2 aliphatic heterocycles. The summed E-state index contributed by atoms with van der Waals surface area (Å²) in [6.45, 7) is 3.69. The second-order valence-corrected chi connectivity index (χ2v) is 7.52. The molecule has 2 atom stereocenters. The number of nitrogens with zero attached hydrogens (tertiary/aromatic N) is 4. The molecule has 8 heteroatoms. The van der Waals surface area contributed by atoms with E-state index in [1.165, 1.54) is 0 Å². The van der Waals surface area contributed by atoms with E-state index >= 15 is 0 Å². The highest BCUT2D eigenvalue weighted by atomic mass is 35.5. The highest BCUT2D eigenvalue weighted by Crippen LogP contribution is 2.42. The van der Waals surface area contributed by atoms with E-state index in [1.807, 2.05) is 4.90 Å². The normalized spacial score (nSPS) is 22.4. The SMILES string of the molecule is CC(=O)N1CC[C@@H](c2nnc3n2C[C@H](c2c(O)ccc(Cl)c2Cl)C3)C1. The molecule has 6 nitrogen and oxygen atoms in total. The molecule has 25 heavy (non-hydrogen) atoms. The summed E-state index contributed by atoms with van der Waals surface area (Å²) in [5.41, 5.74) is 0.669. The first-order valence-electron chi connectivity index (χ1n) is 8.30. The highest BCUT2D eigenvalue weighted by molar-refractivity contribution is 6.42. The van der Waals surface area contributed by atoms with Crippen LogP contribution in [0.25, 0.3) is 0 Å². The average molecular weight is 381 g/mol. The van der Waals surface area contributed by atoms with Crippen molar-refractivity contribution in [3.8, 4) is 5.75 Å². The molecular formula is C17H18Cl2N4O2. The molecule has 0 spiro atoms. The van der Waals surface area contributed by atoms with Crippen molar-refractivity contribution in [1.29, 1.82) is 0 Å². The van der Waals surface area contributed by atoms with E-state index in [0.29, 0.717) is 35.1 Å². The van der Waals surface area contributed by atoms with Gasteiger partial charge in [-0.25, -0.2) is 0 Å². The summed E-state index contributed by atoms with van der Waals surface area (Å²) in [6.07, 6.45) is 1.55. The van der Waals surface area contributed by atoms with Crippen LogP contribution in [0.2, 0.25) is 10.0 Å². The third-order valence-electron chi connectivity index (χ3n) is 5.20. The number of carbonyl (C=O) groups is 1. The number of carbonyl (C=O) groups excluding carboxylic acids is 1. The lowest BCUT2D eigenvalue weighted by molar-refractivity contribution is -0.127. The van der Waals surface area contributed by atoms with Gasteiger partial charge in [0.15, 0.2) is 0 Å². The standard InChI is InChI=1S/C17H18Cl2N4O2/c1-9(24)22-5-4-10(7-22)17-21-20-14-6-11(8-23(14)17)15-13(25)3-2-12(18)16(15)19/h2-3,10-11,25H,4-8H2,1H3/t10-,11-/m1/s1. The second kappa shape index (κ2) is 6.18. The maximum atomic E-state index is 11.6. The molecule has 0 radical (unpaired) electrons. The molecule has 2 aromatic rings. The molecule has 0 aliphatic carbocycles. The summed E-state index contributed by atoms with van der Waals surface area (Å²) < 4.78 is 2.11. The molecule has 1 fully saturated rings. The van der Waals surface area contributed by atoms with Crippen molar-refractivity contribution in [2.45, 2.75) is 38.1 Å². The lowest BCUT2D eigenvalue weighted by Gasteiger charge is -2.16. The van der Waals surface area contributed by atoms with Crippen molar-refractivity contribution in [2.75, 3.05) is 13.1 Å². The van der Waals surface area contributed by atoms with Gasteiger partial charge in [0.25, 0.3) is 0 Å². The molecule has 0 saturated carbocycles. The maximum absolute atomic E-state index is 11.6. The molecule has 1 N–H and O–H groups in total. The number of rotatable bonds is 2. The Bertz CT molecular complexity index is 851. The zero-order chi connectivity index (χ0) is 17.7. The number of hydrogen-bond donors (Lipinski definition) is 1. The average Bonchev–Trinajstić information content (AvgIpc) is 3.26. The van der Waals surface area contributed by atoms with Crippen molar-refractivity contribution in [3.05, 3.63) is 39.4 Å². The Labute approximate surface area is 155 Å². The van der Waals surface area contributed by atoms with E-state index in [-0.39, 0.29) is 23.5 Å². The Kier molecular flexibility index (Phi) is 4.12. The van der Waals surface area contributed by atoms with Crippen LogP contribution in [0.1, 0.15) is 42.4 Å². The van der Waals surface area contributed by atoms with Gasteiger partial charge in [-0.1, -0.05) is 23.2 Å². The molecule has 0 bridgehead atoms. The second-order valence-electron chi connectivity index (χ2n) is 6.73. The summed E-state index contributed by atoms with van der Waals surface area (Å²) in [7, 11) is 0. The van der Waals surface area contributed by atoms with E-state index in [4.69, 9.17) is 23.2 Å². The minimum Gasteiger partial charge on any atom is -0.508 e. The number of hydrogen-bond acceptors (Lipinski definition) is 4. The van der Waals surface area contributed by atoms with Crippen LogP contribution in [0.3, 0.4) is 0 Å². The first kappa shape index (κ1) is 16.7. The summed E-state index contributed by atoms with van der Waals surface area (Å²) in [5, 5.41) is 19.7. The predicted molar refractivity (Wildman–Crippen MR) is 94.2 cm³/mol. The van der Waals surface area contributed by atoms with Gasteiger partial charge in [-0.05, 0) is 18.6 Å². The third-order valence-corrected chi connectivity index (χ3v) is 6.02. The smallest absolute Gasteiger partial charge is 0.219 e. The molecule has 2 aliphatic rings. The Balaban J connectivity index is 1.60. The van der Waals surface area contributed by atoms with E-state index in [9.17, 15) is 9.90 Å². The number of likely N-dealkylation sites (tertiary alicyclic amines) is 1. The number of benzene rings is 1. The topological polar surface area (TPSA) is 71.2 Å². The van der Waals surface area contributed by atoms with Gasteiger partial charge in [-0.3, -0.25) is 4.79 Å². The zero-order valence-corrected chi connectivity index (χ0v) is 15.3. The van der Waals surface area contributed by atoms with Gasteiger partial charge in [-0.15, -0.1) is 10.2 Å². The number of fused-ring (bicyclic) bond motifs is 1. The van der Waals surface area contributed by atoms with Gasteiger partial charge in [-0.2, -0.15) is 0 Å². The minimum atomic E-state index is 0.0146. The van der Waals surface area contributed by atoms with Crippen molar-refractivity contribution < 1.29 is 9.90 Å². The molecule has 4 rings (SSSR count).